The van der Waals surface area contributed by atoms with Crippen LogP contribution < -0.4 is 10.6 Å². The molecule has 0 saturated heterocycles. The molecule has 1 aromatic heterocycles. The van der Waals surface area contributed by atoms with Crippen LogP contribution in [0.1, 0.15) is 61.3 Å². The molecule has 37 heavy (non-hydrogen) atoms. The van der Waals surface area contributed by atoms with Crippen LogP contribution in [-0.2, 0) is 6.42 Å². The second-order valence-electron chi connectivity index (χ2n) is 9.25. The number of unbranched alkanes of at least 4 members (excludes halogenated alkanes) is 2. The molecule has 0 atom stereocenters. The molecular weight excluding hydrogens is 464 g/mol. The zero-order chi connectivity index (χ0) is 26.4. The number of fused-ring (bicyclic) bond motifs is 1. The molecule has 0 unspecified atom stereocenters. The van der Waals surface area contributed by atoms with Gasteiger partial charge in [0, 0.05) is 24.3 Å². The molecule has 0 saturated carbocycles. The zero-order valence-corrected chi connectivity index (χ0v) is 21.7. The fraction of sp³-hybridized carbons (Fsp3) is 0.300. The first-order valence-electron chi connectivity index (χ1n) is 12.9. The summed E-state index contributed by atoms with van der Waals surface area (Å²) in [4.78, 5) is 29.0. The lowest BCUT2D eigenvalue weighted by molar-refractivity contribution is 0.0697. The van der Waals surface area contributed by atoms with E-state index < -0.39 is 5.97 Å². The maximum absolute atomic E-state index is 12.3. The summed E-state index contributed by atoms with van der Waals surface area (Å²) in [6.07, 6.45) is 4.85. The molecule has 3 aromatic carbocycles. The monoisotopic (exact) mass is 498 g/mol. The fourth-order valence-corrected chi connectivity index (χ4v) is 4.54. The van der Waals surface area contributed by atoms with Crippen molar-refractivity contribution in [3.8, 4) is 16.8 Å². The highest BCUT2D eigenvalue weighted by atomic mass is 16.4. The van der Waals surface area contributed by atoms with Crippen LogP contribution in [0.15, 0.2) is 60.7 Å². The summed E-state index contributed by atoms with van der Waals surface area (Å²) in [5.74, 6) is 0.0137. The predicted molar refractivity (Wildman–Crippen MR) is 149 cm³/mol. The Hall–Kier alpha value is -4.13. The summed E-state index contributed by atoms with van der Waals surface area (Å²) in [6, 6.07) is 18.7. The van der Waals surface area contributed by atoms with Gasteiger partial charge in [0.15, 0.2) is 0 Å². The third-order valence-electron chi connectivity index (χ3n) is 6.47. The number of aryl methyl sites for hydroxylation is 2. The van der Waals surface area contributed by atoms with E-state index in [0.29, 0.717) is 17.8 Å². The number of anilines is 1. The van der Waals surface area contributed by atoms with Crippen molar-refractivity contribution < 1.29 is 14.7 Å². The number of aromatic nitrogens is 2. The van der Waals surface area contributed by atoms with Crippen molar-refractivity contribution in [3.63, 3.8) is 0 Å². The van der Waals surface area contributed by atoms with Crippen LogP contribution in [0.2, 0.25) is 0 Å². The first kappa shape index (κ1) is 25.9. The molecule has 0 aliphatic heterocycles. The van der Waals surface area contributed by atoms with Gasteiger partial charge in [0.1, 0.15) is 5.82 Å². The molecule has 1 heterocycles. The van der Waals surface area contributed by atoms with Gasteiger partial charge in [-0.2, -0.15) is 0 Å². The van der Waals surface area contributed by atoms with E-state index in [0.717, 1.165) is 65.8 Å². The SMILES string of the molecule is CCCCNC(=O)Nc1ccc2nc(CCCC)n(-c3ccc(-c4ccccc4C(=O)O)c(C)c3)c2c1. The van der Waals surface area contributed by atoms with Crippen LogP contribution in [0.25, 0.3) is 27.8 Å². The second-order valence-corrected chi connectivity index (χ2v) is 9.25. The Morgan fingerprint density at radius 2 is 1.73 bits per heavy atom. The standard InChI is InChI=1S/C30H34N4O3/c1-4-6-12-28-33-26-16-13-21(32-30(37)31-17-7-5-2)19-27(26)34(28)22-14-15-23(20(3)18-22)24-10-8-9-11-25(24)29(35)36/h8-11,13-16,18-19H,4-7,12,17H2,1-3H3,(H,35,36)(H2,31,32,37). The third kappa shape index (κ3) is 5.82. The average molecular weight is 499 g/mol. The largest absolute Gasteiger partial charge is 0.478 e. The summed E-state index contributed by atoms with van der Waals surface area (Å²) in [6.45, 7) is 6.88. The minimum absolute atomic E-state index is 0.220. The molecule has 7 nitrogen and oxygen atoms in total. The number of carboxylic acids is 1. The number of carbonyl (C=O) groups excluding carboxylic acids is 1. The number of aromatic carboxylic acids is 1. The Labute approximate surface area is 217 Å². The van der Waals surface area contributed by atoms with Crippen molar-refractivity contribution >= 4 is 28.7 Å². The van der Waals surface area contributed by atoms with Gasteiger partial charge >= 0.3 is 12.0 Å². The number of rotatable bonds is 10. The van der Waals surface area contributed by atoms with Crippen molar-refractivity contribution in [2.75, 3.05) is 11.9 Å². The number of carbonyl (C=O) groups is 2. The van der Waals surface area contributed by atoms with E-state index in [9.17, 15) is 14.7 Å². The number of urea groups is 1. The first-order chi connectivity index (χ1) is 17.9. The summed E-state index contributed by atoms with van der Waals surface area (Å²) >= 11 is 0. The quantitative estimate of drug-likeness (QED) is 0.206. The Bertz CT molecular complexity index is 1420. The Morgan fingerprint density at radius 1 is 0.946 bits per heavy atom. The fourth-order valence-electron chi connectivity index (χ4n) is 4.54. The van der Waals surface area contributed by atoms with Gasteiger partial charge in [-0.3, -0.25) is 4.57 Å². The minimum Gasteiger partial charge on any atom is -0.478 e. The minimum atomic E-state index is -0.944. The predicted octanol–water partition coefficient (Wildman–Crippen LogP) is 6.96. The molecule has 0 aliphatic rings. The van der Waals surface area contributed by atoms with Gasteiger partial charge in [0.2, 0.25) is 0 Å². The molecule has 0 spiro atoms. The number of hydrogen-bond donors (Lipinski definition) is 3. The van der Waals surface area contributed by atoms with Crippen LogP contribution in [0, 0.1) is 6.92 Å². The molecule has 3 N–H and O–H groups in total. The van der Waals surface area contributed by atoms with Crippen LogP contribution >= 0.6 is 0 Å². The zero-order valence-electron chi connectivity index (χ0n) is 21.7. The van der Waals surface area contributed by atoms with Crippen LogP contribution in [-0.4, -0.2) is 33.2 Å². The number of amides is 2. The van der Waals surface area contributed by atoms with E-state index in [-0.39, 0.29) is 11.6 Å². The van der Waals surface area contributed by atoms with E-state index in [1.54, 1.807) is 12.1 Å². The van der Waals surface area contributed by atoms with Gasteiger partial charge in [-0.1, -0.05) is 51.0 Å². The number of nitrogens with one attached hydrogen (secondary N) is 2. The molecule has 0 bridgehead atoms. The van der Waals surface area contributed by atoms with Gasteiger partial charge in [-0.05, 0) is 72.9 Å². The van der Waals surface area contributed by atoms with Crippen molar-refractivity contribution in [1.82, 2.24) is 14.9 Å². The average Bonchev–Trinajstić information content (AvgIpc) is 3.25. The maximum Gasteiger partial charge on any atom is 0.336 e. The molecule has 192 valence electrons. The molecule has 4 aromatic rings. The Morgan fingerprint density at radius 3 is 2.46 bits per heavy atom. The molecular formula is C30H34N4O3. The third-order valence-corrected chi connectivity index (χ3v) is 6.47. The highest BCUT2D eigenvalue weighted by Gasteiger charge is 2.17. The Balaban J connectivity index is 1.75. The van der Waals surface area contributed by atoms with Gasteiger partial charge in [0.25, 0.3) is 0 Å². The van der Waals surface area contributed by atoms with Crippen molar-refractivity contribution in [3.05, 3.63) is 77.6 Å². The van der Waals surface area contributed by atoms with E-state index in [4.69, 9.17) is 4.98 Å². The summed E-state index contributed by atoms with van der Waals surface area (Å²) in [5, 5.41) is 15.5. The highest BCUT2D eigenvalue weighted by Crippen LogP contribution is 2.31. The lowest BCUT2D eigenvalue weighted by Crippen LogP contribution is -2.29. The molecule has 0 aliphatic carbocycles. The van der Waals surface area contributed by atoms with Crippen molar-refractivity contribution in [2.45, 2.75) is 52.9 Å². The Kier molecular flexibility index (Phi) is 8.23. The number of hydrogen-bond acceptors (Lipinski definition) is 3. The van der Waals surface area contributed by atoms with E-state index in [2.05, 4.69) is 35.1 Å². The summed E-state index contributed by atoms with van der Waals surface area (Å²) < 4.78 is 2.14. The smallest absolute Gasteiger partial charge is 0.336 e. The molecule has 2 amide bonds. The summed E-state index contributed by atoms with van der Waals surface area (Å²) in [7, 11) is 0. The maximum atomic E-state index is 12.3. The van der Waals surface area contributed by atoms with E-state index >= 15 is 0 Å². The van der Waals surface area contributed by atoms with Crippen molar-refractivity contribution in [2.24, 2.45) is 0 Å². The molecule has 4 rings (SSSR count). The topological polar surface area (TPSA) is 96.3 Å². The second kappa shape index (κ2) is 11.7. The number of imidazole rings is 1. The van der Waals surface area contributed by atoms with Gasteiger partial charge in [-0.15, -0.1) is 0 Å². The van der Waals surface area contributed by atoms with Crippen molar-refractivity contribution in [1.29, 1.82) is 0 Å². The summed E-state index contributed by atoms with van der Waals surface area (Å²) in [5.41, 5.74) is 6.26. The molecule has 0 fully saturated rings. The molecule has 0 radical (unpaired) electrons. The van der Waals surface area contributed by atoms with Gasteiger partial charge < -0.3 is 15.7 Å². The van der Waals surface area contributed by atoms with Crippen LogP contribution in [0.4, 0.5) is 10.5 Å². The van der Waals surface area contributed by atoms with E-state index in [1.165, 1.54) is 0 Å². The van der Waals surface area contributed by atoms with Gasteiger partial charge in [-0.25, -0.2) is 14.6 Å². The van der Waals surface area contributed by atoms with Gasteiger partial charge in [0.05, 0.1) is 16.6 Å². The lowest BCUT2D eigenvalue weighted by Gasteiger charge is -2.14. The van der Waals surface area contributed by atoms with Crippen LogP contribution in [0.3, 0.4) is 0 Å². The van der Waals surface area contributed by atoms with E-state index in [1.807, 2.05) is 49.4 Å². The highest BCUT2D eigenvalue weighted by molar-refractivity contribution is 5.96. The number of carboxylic acid groups (broad SMARTS) is 1. The lowest BCUT2D eigenvalue weighted by atomic mass is 9.95. The molecule has 7 heteroatoms. The van der Waals surface area contributed by atoms with Crippen LogP contribution in [0.5, 0.6) is 0 Å². The normalized spacial score (nSPS) is 11.0. The number of benzene rings is 3. The number of nitrogens with zero attached hydrogens (tertiary/aromatic N) is 2. The first-order valence-corrected chi connectivity index (χ1v) is 12.9.